The summed E-state index contributed by atoms with van der Waals surface area (Å²) in [6.45, 7) is -0.483. The number of amides is 12. The van der Waals surface area contributed by atoms with E-state index in [4.69, 9.17) is 28.7 Å². The first kappa shape index (κ1) is 67.4. The lowest BCUT2D eigenvalue weighted by Crippen LogP contribution is -2.61. The van der Waals surface area contributed by atoms with E-state index in [0.29, 0.717) is 28.9 Å². The van der Waals surface area contributed by atoms with E-state index < -0.39 is 139 Å². The zero-order chi connectivity index (χ0) is 63.7. The van der Waals surface area contributed by atoms with Crippen molar-refractivity contribution in [2.75, 3.05) is 31.1 Å². The summed E-state index contributed by atoms with van der Waals surface area (Å²) in [5.41, 5.74) is 28.1. The Morgan fingerprint density at radius 1 is 0.682 bits per heavy atom. The number of aliphatic imine (C=N–C) groups is 1. The highest BCUT2D eigenvalue weighted by Crippen LogP contribution is 2.61. The van der Waals surface area contributed by atoms with Gasteiger partial charge in [-0.2, -0.15) is 0 Å². The topological polar surface area (TPSA) is 467 Å². The second-order valence-electron chi connectivity index (χ2n) is 23.7. The standard InChI is InChI=1S/C58H81N15O13S2/c59-45(75)15-14-38-50(80)71-41(23-46(60)76)53(83)72-43(56(86)73-17-5-9-44(73)55(85)68-37(8-4-16-64-57(62)63)49(79)65-28-47(61)77)30-88-87-29-42(66-48(78)27-58-24-33-18-34(25-58)20-35(19-33)26-58)54(84)70-40(22-32-10-12-36(74)13-11-32)52(82)69-39(51(81)67-38)21-31-6-2-1-3-7-31/h1-3,6-7,10-13,33-35,37-44,74H,4-5,8-9,14-30H2,(H2,59,75)(H2,60,76)(H2,61,77)(H,65,79)(H,66,78)(H,67,81)(H,68,85)(H,69,82)(H,70,84)(H,71,80)(H,72,83)(H4,62,63,64)/t33?,34?,35?,37-,38-,39-,40-,41-,42-,43-,44-,58?/m0/s1. The van der Waals surface area contributed by atoms with Crippen LogP contribution in [0.1, 0.15) is 101 Å². The van der Waals surface area contributed by atoms with Crippen molar-refractivity contribution in [1.29, 1.82) is 0 Å². The molecule has 88 heavy (non-hydrogen) atoms. The summed E-state index contributed by atoms with van der Waals surface area (Å²) in [7, 11) is 2.03. The van der Waals surface area contributed by atoms with Gasteiger partial charge in [0, 0.05) is 50.3 Å². The number of primary amides is 3. The molecule has 0 radical (unpaired) electrons. The van der Waals surface area contributed by atoms with Crippen molar-refractivity contribution in [2.45, 2.75) is 151 Å². The Morgan fingerprint density at radius 2 is 1.25 bits per heavy atom. The summed E-state index contributed by atoms with van der Waals surface area (Å²) >= 11 is 0. The van der Waals surface area contributed by atoms with Crippen LogP contribution in [0.25, 0.3) is 0 Å². The highest BCUT2D eigenvalue weighted by Gasteiger charge is 2.52. The molecule has 4 aliphatic carbocycles. The van der Waals surface area contributed by atoms with Gasteiger partial charge in [0.2, 0.25) is 70.9 Å². The molecule has 6 aliphatic rings. The van der Waals surface area contributed by atoms with Crippen LogP contribution in [0.5, 0.6) is 5.75 Å². The van der Waals surface area contributed by atoms with Gasteiger partial charge in [0.05, 0.1) is 13.0 Å². The number of rotatable bonds is 22. The fourth-order valence-electron chi connectivity index (χ4n) is 13.0. The van der Waals surface area contributed by atoms with Crippen LogP contribution < -0.4 is 71.2 Å². The molecular formula is C58H81N15O13S2. The van der Waals surface area contributed by atoms with Crippen LogP contribution in [0.15, 0.2) is 59.6 Å². The minimum Gasteiger partial charge on any atom is -0.508 e. The highest BCUT2D eigenvalue weighted by molar-refractivity contribution is 8.76. The van der Waals surface area contributed by atoms with Gasteiger partial charge in [-0.25, -0.2) is 0 Å². The van der Waals surface area contributed by atoms with E-state index in [1.807, 2.05) is 0 Å². The number of phenolic OH excluding ortho intramolecular Hbond substituents is 1. The normalized spacial score (nSPS) is 27.2. The van der Waals surface area contributed by atoms with Crippen molar-refractivity contribution in [1.82, 2.24) is 47.4 Å². The third-order valence-electron chi connectivity index (χ3n) is 16.6. The molecule has 478 valence electrons. The first-order valence-corrected chi connectivity index (χ1v) is 32.1. The monoisotopic (exact) mass is 1260 g/mol. The third kappa shape index (κ3) is 19.9. The van der Waals surface area contributed by atoms with E-state index in [2.05, 4.69) is 47.5 Å². The number of hydrogen-bond donors (Lipinski definition) is 14. The van der Waals surface area contributed by atoms with Crippen LogP contribution in [0, 0.1) is 23.2 Å². The number of guanidine groups is 1. The minimum atomic E-state index is -1.83. The molecule has 2 heterocycles. The lowest BCUT2D eigenvalue weighted by atomic mass is 9.49. The molecule has 6 fully saturated rings. The molecule has 0 unspecified atom stereocenters. The van der Waals surface area contributed by atoms with E-state index in [-0.39, 0.29) is 92.6 Å². The van der Waals surface area contributed by atoms with Gasteiger partial charge < -0.3 is 81.2 Å². The van der Waals surface area contributed by atoms with Gasteiger partial charge in [-0.1, -0.05) is 64.1 Å². The predicted octanol–water partition coefficient (Wildman–Crippen LogP) is -2.64. The van der Waals surface area contributed by atoms with Crippen molar-refractivity contribution in [3.8, 4) is 5.75 Å². The number of nitrogens with one attached hydrogen (secondary N) is 8. The number of aromatic hydroxyl groups is 1. The van der Waals surface area contributed by atoms with E-state index in [1.165, 1.54) is 17.0 Å². The average molecular weight is 1260 g/mol. The average Bonchev–Trinajstić information content (AvgIpc) is 1.07. The molecule has 12 amide bonds. The smallest absolute Gasteiger partial charge is 0.246 e. The maximum Gasteiger partial charge on any atom is 0.246 e. The van der Waals surface area contributed by atoms with Crippen molar-refractivity contribution in [3.63, 3.8) is 0 Å². The van der Waals surface area contributed by atoms with Crippen LogP contribution in [-0.4, -0.2) is 166 Å². The molecular weight excluding hydrogens is 1180 g/mol. The maximum atomic E-state index is 15.0. The number of benzene rings is 2. The summed E-state index contributed by atoms with van der Waals surface area (Å²) in [5.74, 6) is -9.54. The number of hydrogen-bond acceptors (Lipinski definition) is 16. The summed E-state index contributed by atoms with van der Waals surface area (Å²) in [6, 6.07) is 2.59. The van der Waals surface area contributed by atoms with Gasteiger partial charge in [0.1, 0.15) is 54.1 Å². The lowest BCUT2D eigenvalue weighted by molar-refractivity contribution is -0.142. The van der Waals surface area contributed by atoms with Gasteiger partial charge in [0.15, 0.2) is 5.96 Å². The molecule has 28 nitrogen and oxygen atoms in total. The number of nitrogens with zero attached hydrogens (tertiary/aromatic N) is 2. The quantitative estimate of drug-likeness (QED) is 0.0248. The first-order chi connectivity index (χ1) is 41.9. The van der Waals surface area contributed by atoms with E-state index in [0.717, 1.165) is 60.1 Å². The van der Waals surface area contributed by atoms with Crippen molar-refractivity contribution in [2.24, 2.45) is 56.8 Å². The molecule has 19 N–H and O–H groups in total. The van der Waals surface area contributed by atoms with E-state index >= 15 is 4.79 Å². The van der Waals surface area contributed by atoms with Crippen LogP contribution in [0.3, 0.4) is 0 Å². The van der Waals surface area contributed by atoms with Crippen LogP contribution in [0.2, 0.25) is 0 Å². The molecule has 30 heteroatoms. The van der Waals surface area contributed by atoms with Crippen molar-refractivity contribution >= 4 is 98.4 Å². The largest absolute Gasteiger partial charge is 0.508 e. The van der Waals surface area contributed by atoms with Gasteiger partial charge in [-0.05, 0) is 117 Å². The lowest BCUT2D eigenvalue weighted by Gasteiger charge is -2.56. The molecule has 2 aromatic carbocycles. The third-order valence-corrected chi connectivity index (χ3v) is 19.1. The Kier molecular flexibility index (Phi) is 24.2. The Balaban J connectivity index is 1.23. The Morgan fingerprint density at radius 3 is 1.85 bits per heavy atom. The summed E-state index contributed by atoms with van der Waals surface area (Å²) in [6.07, 6.45) is 4.68. The van der Waals surface area contributed by atoms with Crippen LogP contribution in [0.4, 0.5) is 0 Å². The fourth-order valence-corrected chi connectivity index (χ4v) is 15.3. The Bertz CT molecular complexity index is 2900. The molecule has 2 saturated heterocycles. The fraction of sp³-hybridized carbons (Fsp3) is 0.569. The van der Waals surface area contributed by atoms with Gasteiger partial charge >= 0.3 is 0 Å². The predicted molar refractivity (Wildman–Crippen MR) is 325 cm³/mol. The molecule has 2 aliphatic heterocycles. The minimum absolute atomic E-state index is 0.0113. The number of carbonyl (C=O) groups excluding carboxylic acids is 12. The summed E-state index contributed by atoms with van der Waals surface area (Å²) in [5, 5.41) is 31.3. The highest BCUT2D eigenvalue weighted by atomic mass is 33.1. The maximum absolute atomic E-state index is 15.0. The molecule has 2 aromatic rings. The molecule has 0 spiro atoms. The van der Waals surface area contributed by atoms with Crippen molar-refractivity contribution < 1.29 is 62.6 Å². The van der Waals surface area contributed by atoms with Crippen LogP contribution in [-0.2, 0) is 70.4 Å². The zero-order valence-electron chi connectivity index (χ0n) is 48.8. The van der Waals surface area contributed by atoms with Gasteiger partial charge in [-0.3, -0.25) is 62.5 Å². The Hall–Kier alpha value is -8.15. The van der Waals surface area contributed by atoms with Crippen LogP contribution >= 0.6 is 21.6 Å². The number of likely N-dealkylation sites (tertiary alicyclic amines) is 1. The van der Waals surface area contributed by atoms with E-state index in [9.17, 15) is 57.8 Å². The Labute approximate surface area is 516 Å². The molecule has 8 rings (SSSR count). The second-order valence-corrected chi connectivity index (χ2v) is 26.3. The molecule has 4 saturated carbocycles. The molecule has 8 atom stereocenters. The number of phenols is 1. The SMILES string of the molecule is NC(=O)CC[C@@H]1NC(=O)[C@H](Cc2ccccc2)NC(=O)[C@H](Cc2ccc(O)cc2)NC(=O)[C@@H](NC(=O)CC23CC4CC(CC(C4)C2)C3)CSSC[C@@H](C(=O)N2CCC[C@H]2C(=O)N[C@@H](CCCN=C(N)N)C(=O)NCC(N)=O)NC(=O)[C@H](CC(N)=O)NC1=O. The number of nitrogens with two attached hydrogens (primary N) is 5. The molecule has 0 aromatic heterocycles. The summed E-state index contributed by atoms with van der Waals surface area (Å²) in [4.78, 5) is 172. The first-order valence-electron chi connectivity index (χ1n) is 29.6. The second kappa shape index (κ2) is 31.7. The van der Waals surface area contributed by atoms with Crippen molar-refractivity contribution in [3.05, 3.63) is 65.7 Å². The van der Waals surface area contributed by atoms with Gasteiger partial charge in [-0.15, -0.1) is 0 Å². The van der Waals surface area contributed by atoms with E-state index in [1.54, 1.807) is 42.5 Å². The summed E-state index contributed by atoms with van der Waals surface area (Å²) < 4.78 is 0. The zero-order valence-corrected chi connectivity index (χ0v) is 50.5. The number of carbonyl (C=O) groups is 12. The molecule has 4 bridgehead atoms. The van der Waals surface area contributed by atoms with Gasteiger partial charge in [0.25, 0.3) is 0 Å².